The van der Waals surface area contributed by atoms with Crippen LogP contribution in [0.15, 0.2) is 72.9 Å². The number of hydrogen-bond donors (Lipinski definition) is 3. The Balaban J connectivity index is 4.00. The fourth-order valence-corrected chi connectivity index (χ4v) is 12.7. The van der Waals surface area contributed by atoms with Gasteiger partial charge in [-0.2, -0.15) is 0 Å². The second-order valence-corrected chi connectivity index (χ2v) is 29.9. The first-order chi connectivity index (χ1) is 44.5. The van der Waals surface area contributed by atoms with Gasteiger partial charge in [0.2, 0.25) is 5.91 Å². The summed E-state index contributed by atoms with van der Waals surface area (Å²) >= 11 is 0. The highest BCUT2D eigenvalue weighted by atomic mass is 31.2. The van der Waals surface area contributed by atoms with E-state index >= 15 is 0 Å². The molecule has 91 heavy (non-hydrogen) atoms. The minimum absolute atomic E-state index is 0.0535. The zero-order valence-corrected chi connectivity index (χ0v) is 62.2. The molecule has 0 spiro atoms. The molecule has 9 heteroatoms. The number of nitrogens with zero attached hydrogens (tertiary/aromatic N) is 1. The van der Waals surface area contributed by atoms with E-state index in [4.69, 9.17) is 9.05 Å². The maximum Gasteiger partial charge on any atom is 0.472 e. The van der Waals surface area contributed by atoms with Crippen LogP contribution >= 0.6 is 7.82 Å². The Morgan fingerprint density at radius 1 is 0.374 bits per heavy atom. The van der Waals surface area contributed by atoms with Gasteiger partial charge in [0.1, 0.15) is 13.2 Å². The van der Waals surface area contributed by atoms with Crippen molar-refractivity contribution in [2.24, 2.45) is 0 Å². The molecule has 0 rings (SSSR count). The van der Waals surface area contributed by atoms with Crippen LogP contribution in [-0.2, 0) is 18.4 Å². The average molecular weight is 1300 g/mol. The molecule has 0 aromatic rings. The molecular formula is C82H156N2O6P+. The molecule has 0 aromatic carbocycles. The number of phosphoric acid groups is 1. The molecule has 0 saturated heterocycles. The van der Waals surface area contributed by atoms with Crippen molar-refractivity contribution in [1.29, 1.82) is 0 Å². The lowest BCUT2D eigenvalue weighted by Crippen LogP contribution is -2.45. The predicted octanol–water partition coefficient (Wildman–Crippen LogP) is 26.1. The zero-order chi connectivity index (χ0) is 66.2. The third-order valence-electron chi connectivity index (χ3n) is 18.1. The van der Waals surface area contributed by atoms with E-state index in [2.05, 4.69) is 79.9 Å². The molecule has 3 atom stereocenters. The van der Waals surface area contributed by atoms with E-state index in [0.717, 1.165) is 57.8 Å². The maximum absolute atomic E-state index is 13.1. The highest BCUT2D eigenvalue weighted by Gasteiger charge is 2.28. The molecule has 0 aromatic heterocycles. The van der Waals surface area contributed by atoms with Crippen LogP contribution in [0.4, 0.5) is 0 Å². The van der Waals surface area contributed by atoms with Crippen LogP contribution in [0.5, 0.6) is 0 Å². The van der Waals surface area contributed by atoms with Crippen molar-refractivity contribution in [3.8, 4) is 0 Å². The minimum atomic E-state index is -4.37. The summed E-state index contributed by atoms with van der Waals surface area (Å²) in [5.74, 6) is -0.185. The van der Waals surface area contributed by atoms with Gasteiger partial charge in [-0.1, -0.05) is 376 Å². The molecule has 534 valence electrons. The highest BCUT2D eigenvalue weighted by molar-refractivity contribution is 7.47. The largest absolute Gasteiger partial charge is 0.472 e. The molecule has 1 amide bonds. The van der Waals surface area contributed by atoms with Crippen LogP contribution < -0.4 is 5.32 Å². The van der Waals surface area contributed by atoms with Crippen molar-refractivity contribution < 1.29 is 32.9 Å². The summed E-state index contributed by atoms with van der Waals surface area (Å²) in [4.78, 5) is 23.5. The zero-order valence-electron chi connectivity index (χ0n) is 61.3. The Labute approximate surface area is 567 Å². The second kappa shape index (κ2) is 72.2. The first-order valence-electron chi connectivity index (χ1n) is 39.8. The molecule has 8 nitrogen and oxygen atoms in total. The summed E-state index contributed by atoms with van der Waals surface area (Å²) < 4.78 is 23.8. The molecule has 0 bridgehead atoms. The Morgan fingerprint density at radius 2 is 0.637 bits per heavy atom. The summed E-state index contributed by atoms with van der Waals surface area (Å²) in [6, 6.07) is -0.873. The van der Waals surface area contributed by atoms with Crippen LogP contribution in [0, 0.1) is 0 Å². The van der Waals surface area contributed by atoms with Crippen molar-refractivity contribution in [2.75, 3.05) is 40.9 Å². The number of rotatable bonds is 74. The van der Waals surface area contributed by atoms with Crippen molar-refractivity contribution in [3.05, 3.63) is 72.9 Å². The van der Waals surface area contributed by atoms with Crippen molar-refractivity contribution >= 4 is 13.7 Å². The molecule has 3 N–H and O–H groups in total. The normalized spacial score (nSPS) is 13.9. The van der Waals surface area contributed by atoms with E-state index < -0.39 is 20.0 Å². The van der Waals surface area contributed by atoms with Crippen molar-refractivity contribution in [2.45, 2.75) is 405 Å². The predicted molar refractivity (Wildman–Crippen MR) is 401 cm³/mol. The number of allylic oxidation sites excluding steroid dienone is 11. The van der Waals surface area contributed by atoms with Gasteiger partial charge < -0.3 is 19.8 Å². The molecule has 0 aliphatic heterocycles. The summed E-state index contributed by atoms with van der Waals surface area (Å²) in [7, 11) is 1.56. The van der Waals surface area contributed by atoms with Gasteiger partial charge >= 0.3 is 7.82 Å². The lowest BCUT2D eigenvalue weighted by Gasteiger charge is -2.25. The van der Waals surface area contributed by atoms with Gasteiger partial charge in [-0.3, -0.25) is 13.8 Å². The van der Waals surface area contributed by atoms with E-state index in [-0.39, 0.29) is 19.1 Å². The fraction of sp³-hybridized carbons (Fsp3) is 0.841. The number of unbranched alkanes of at least 4 members (excludes halogenated alkanes) is 51. The van der Waals surface area contributed by atoms with Gasteiger partial charge in [0, 0.05) is 6.42 Å². The van der Waals surface area contributed by atoms with Gasteiger partial charge in [0.25, 0.3) is 0 Å². The summed E-state index contributed by atoms with van der Waals surface area (Å²) in [5.41, 5.74) is 0. The number of aliphatic hydroxyl groups excluding tert-OH is 1. The highest BCUT2D eigenvalue weighted by Crippen LogP contribution is 2.43. The van der Waals surface area contributed by atoms with Gasteiger partial charge in [-0.25, -0.2) is 4.57 Å². The lowest BCUT2D eigenvalue weighted by atomic mass is 10.0. The van der Waals surface area contributed by atoms with E-state index in [9.17, 15) is 19.4 Å². The molecular weight excluding hydrogens is 1140 g/mol. The number of carbonyl (C=O) groups is 1. The fourth-order valence-electron chi connectivity index (χ4n) is 12.0. The number of likely N-dealkylation sites (N-methyl/N-ethyl adjacent to an activating group) is 1. The number of amides is 1. The Hall–Kier alpha value is -2.06. The third-order valence-corrected chi connectivity index (χ3v) is 19.1. The maximum atomic E-state index is 13.1. The topological polar surface area (TPSA) is 105 Å². The summed E-state index contributed by atoms with van der Waals surface area (Å²) in [6.45, 7) is 4.83. The van der Waals surface area contributed by atoms with Gasteiger partial charge in [-0.05, 0) is 83.5 Å². The number of aliphatic hydroxyl groups is 1. The first-order valence-corrected chi connectivity index (χ1v) is 41.3. The smallest absolute Gasteiger partial charge is 0.387 e. The van der Waals surface area contributed by atoms with E-state index in [1.54, 1.807) is 6.08 Å². The SMILES string of the molecule is CCCCCCC/C=C\C/C=C\C/C=C\CCCCCCCCCCCCCCCCCCCCCCCCCCC(=O)NC(COP(=O)(O)OCC[N+](C)(C)C)C(O)/C=C/CC/C=C/CC/C=C/CCCCCCCCCCCCCCCCCCCCCC. The standard InChI is InChI=1S/C82H155N2O6P/c1-6-8-10-12-14-16-18-20-22-24-26-28-30-32-34-36-38-39-40-41-42-43-44-45-46-48-50-52-54-56-58-60-62-64-66-68-70-72-74-76-82(86)83-80(79-90-91(87,88)89-78-77-84(3,4)5)81(85)75-73-71-69-67-65-63-61-59-57-55-53-51-49-47-37-35-33-31-29-27-25-23-21-19-17-15-13-11-9-7-2/h18,20,24,26,30,32,57,59,65,67,73,75,80-81,85H,6-17,19,21-23,25,27-29,31,33-56,58,60-64,66,68-72,74,76-79H2,1-5H3,(H-,83,86,87,88)/p+1/b20-18-,26-24-,32-30-,59-57+,67-65+,75-73+. The van der Waals surface area contributed by atoms with Crippen LogP contribution in [0.2, 0.25) is 0 Å². The monoisotopic (exact) mass is 1300 g/mol. The van der Waals surface area contributed by atoms with Crippen LogP contribution in [0.3, 0.4) is 0 Å². The quantitative estimate of drug-likeness (QED) is 0.0243. The van der Waals surface area contributed by atoms with Crippen molar-refractivity contribution in [1.82, 2.24) is 5.32 Å². The second-order valence-electron chi connectivity index (χ2n) is 28.4. The van der Waals surface area contributed by atoms with E-state index in [0.29, 0.717) is 17.4 Å². The molecule has 3 unspecified atom stereocenters. The van der Waals surface area contributed by atoms with Crippen LogP contribution in [-0.4, -0.2) is 73.4 Å². The van der Waals surface area contributed by atoms with Gasteiger partial charge in [0.05, 0.1) is 39.9 Å². The van der Waals surface area contributed by atoms with Gasteiger partial charge in [0.15, 0.2) is 0 Å². The van der Waals surface area contributed by atoms with E-state index in [1.165, 1.54) is 315 Å². The minimum Gasteiger partial charge on any atom is -0.387 e. The molecule has 0 radical (unpaired) electrons. The average Bonchev–Trinajstić information content (AvgIpc) is 3.58. The molecule has 0 saturated carbocycles. The molecule has 0 aliphatic rings. The molecule has 0 fully saturated rings. The Bertz CT molecular complexity index is 1720. The number of phosphoric ester groups is 1. The number of quaternary nitrogens is 1. The Morgan fingerprint density at radius 3 is 0.956 bits per heavy atom. The van der Waals surface area contributed by atoms with Gasteiger partial charge in [-0.15, -0.1) is 0 Å². The molecule has 0 heterocycles. The first kappa shape index (κ1) is 88.9. The number of nitrogens with one attached hydrogen (secondary N) is 1. The third kappa shape index (κ3) is 75.2. The Kier molecular flexibility index (Phi) is 70.6. The van der Waals surface area contributed by atoms with Crippen LogP contribution in [0.25, 0.3) is 0 Å². The number of hydrogen-bond acceptors (Lipinski definition) is 5. The van der Waals surface area contributed by atoms with Crippen LogP contribution in [0.1, 0.15) is 393 Å². The molecule has 0 aliphatic carbocycles. The summed E-state index contributed by atoms with van der Waals surface area (Å²) in [6.07, 6.45) is 102. The summed E-state index contributed by atoms with van der Waals surface area (Å²) in [5, 5.41) is 14.0. The van der Waals surface area contributed by atoms with E-state index in [1.807, 2.05) is 27.2 Å². The number of carbonyl (C=O) groups excluding carboxylic acids is 1. The lowest BCUT2D eigenvalue weighted by molar-refractivity contribution is -0.870. The van der Waals surface area contributed by atoms with Crippen molar-refractivity contribution in [3.63, 3.8) is 0 Å².